The van der Waals surface area contributed by atoms with Crippen molar-refractivity contribution in [1.82, 2.24) is 15.3 Å². The average molecular weight is 392 g/mol. The van der Waals surface area contributed by atoms with Crippen molar-refractivity contribution in [2.45, 2.75) is 51.6 Å². The summed E-state index contributed by atoms with van der Waals surface area (Å²) in [5.74, 6) is 0.0320. The number of hydrogen-bond acceptors (Lipinski definition) is 6. The van der Waals surface area contributed by atoms with Crippen LogP contribution in [0.25, 0.3) is 0 Å². The summed E-state index contributed by atoms with van der Waals surface area (Å²) in [6.07, 6.45) is 3.11. The summed E-state index contributed by atoms with van der Waals surface area (Å²) in [5.41, 5.74) is 0.279. The molecule has 1 aliphatic carbocycles. The van der Waals surface area contributed by atoms with Gasteiger partial charge in [0, 0.05) is 19.0 Å². The molecule has 7 nitrogen and oxygen atoms in total. The third kappa shape index (κ3) is 4.37. The Morgan fingerprint density at radius 3 is 2.78 bits per heavy atom. The lowest BCUT2D eigenvalue weighted by atomic mass is 9.91. The molecule has 2 N–H and O–H groups in total. The van der Waals surface area contributed by atoms with E-state index in [0.717, 1.165) is 25.3 Å². The van der Waals surface area contributed by atoms with Crippen LogP contribution in [0.3, 0.4) is 0 Å². The number of nitrogens with one attached hydrogen (secondary N) is 2. The topological polar surface area (TPSA) is 104 Å². The van der Waals surface area contributed by atoms with Crippen LogP contribution in [0.1, 0.15) is 53.4 Å². The summed E-state index contributed by atoms with van der Waals surface area (Å²) >= 11 is 5.89. The number of oxazole rings is 1. The smallest absolute Gasteiger partial charge is 0.273 e. The first-order valence-corrected chi connectivity index (χ1v) is 9.02. The predicted octanol–water partition coefficient (Wildman–Crippen LogP) is 3.50. The van der Waals surface area contributed by atoms with Crippen LogP contribution >= 0.6 is 11.6 Å². The van der Waals surface area contributed by atoms with E-state index in [1.807, 2.05) is 0 Å². The Hall–Kier alpha value is -2.66. The molecular weight excluding hydrogens is 373 g/mol. The van der Waals surface area contributed by atoms with Gasteiger partial charge in [-0.05, 0) is 38.7 Å². The van der Waals surface area contributed by atoms with Crippen LogP contribution in [0.5, 0.6) is 0 Å². The monoisotopic (exact) mass is 391 g/mol. The van der Waals surface area contributed by atoms with Gasteiger partial charge in [0.05, 0.1) is 5.56 Å². The van der Waals surface area contributed by atoms with E-state index >= 15 is 0 Å². The lowest BCUT2D eigenvalue weighted by molar-refractivity contribution is 0.0920. The fraction of sp³-hybridized carbons (Fsp3) is 0.444. The third-order valence-corrected chi connectivity index (χ3v) is 4.81. The number of rotatable bonds is 4. The summed E-state index contributed by atoms with van der Waals surface area (Å²) in [6, 6.07) is 2.71. The molecule has 0 aliphatic heterocycles. The molecule has 1 fully saturated rings. The number of aromatic nitrogens is 2. The molecule has 1 saturated carbocycles. The van der Waals surface area contributed by atoms with Crippen molar-refractivity contribution < 1.29 is 13.6 Å². The molecule has 1 amide bonds. The number of amides is 1. The molecule has 142 valence electrons. The zero-order chi connectivity index (χ0) is 19.6. The molecule has 9 heteroatoms. The number of halogens is 2. The fourth-order valence-electron chi connectivity index (χ4n) is 3.28. The van der Waals surface area contributed by atoms with Crippen LogP contribution in [0, 0.1) is 31.0 Å². The van der Waals surface area contributed by atoms with Crippen LogP contribution in [-0.4, -0.2) is 28.0 Å². The van der Waals surface area contributed by atoms with E-state index in [1.165, 1.54) is 0 Å². The van der Waals surface area contributed by atoms with Gasteiger partial charge >= 0.3 is 0 Å². The van der Waals surface area contributed by atoms with Crippen LogP contribution < -0.4 is 10.6 Å². The van der Waals surface area contributed by atoms with E-state index in [1.54, 1.807) is 19.9 Å². The van der Waals surface area contributed by atoms with Crippen molar-refractivity contribution in [2.24, 2.45) is 0 Å². The summed E-state index contributed by atoms with van der Waals surface area (Å²) in [4.78, 5) is 20.4. The predicted molar refractivity (Wildman–Crippen MR) is 97.0 cm³/mol. The van der Waals surface area contributed by atoms with Gasteiger partial charge in [0.15, 0.2) is 23.2 Å². The van der Waals surface area contributed by atoms with E-state index in [9.17, 15) is 9.18 Å². The first-order chi connectivity index (χ1) is 12.9. The van der Waals surface area contributed by atoms with Crippen LogP contribution in [0.4, 0.5) is 10.2 Å². The summed E-state index contributed by atoms with van der Waals surface area (Å²) < 4.78 is 19.4. The highest BCUT2D eigenvalue weighted by Crippen LogP contribution is 2.25. The Bertz CT molecular complexity index is 908. The highest BCUT2D eigenvalue weighted by Gasteiger charge is 2.26. The number of hydrogen-bond donors (Lipinski definition) is 2. The van der Waals surface area contributed by atoms with Gasteiger partial charge in [0.2, 0.25) is 0 Å². The van der Waals surface area contributed by atoms with E-state index < -0.39 is 5.82 Å². The Kier molecular flexibility index (Phi) is 5.61. The Morgan fingerprint density at radius 1 is 1.37 bits per heavy atom. The Balaban J connectivity index is 1.65. The van der Waals surface area contributed by atoms with Gasteiger partial charge < -0.3 is 15.1 Å². The maximum Gasteiger partial charge on any atom is 0.273 e. The van der Waals surface area contributed by atoms with Crippen LogP contribution in [-0.2, 0) is 0 Å². The van der Waals surface area contributed by atoms with Crippen molar-refractivity contribution in [1.29, 1.82) is 5.26 Å². The first-order valence-electron chi connectivity index (χ1n) is 8.65. The van der Waals surface area contributed by atoms with Crippen LogP contribution in [0.15, 0.2) is 10.5 Å². The largest absolute Gasteiger partial charge is 0.445 e. The quantitative estimate of drug-likeness (QED) is 0.773. The summed E-state index contributed by atoms with van der Waals surface area (Å²) in [6.45, 7) is 3.39. The standard InChI is InChI=1S/C18H19ClFN5O2/c1-9-15(22-10(2)27-9)18(26)24-13-5-3-4-12(7-13)23-17-14(20)6-11(8-21)16(19)25-17/h6,12-13H,3-5,7H2,1-2H3,(H,23,25)(H,24,26)/t12-,13+/m1/s1. The van der Waals surface area contributed by atoms with Gasteiger partial charge in [-0.2, -0.15) is 5.26 Å². The number of carbonyl (C=O) groups is 1. The molecule has 3 rings (SSSR count). The minimum Gasteiger partial charge on any atom is -0.445 e. The SMILES string of the molecule is Cc1nc(C(=O)N[C@H]2CCC[C@@H](Nc3nc(Cl)c(C#N)cc3F)C2)c(C)o1. The Morgan fingerprint density at radius 2 is 2.11 bits per heavy atom. The molecule has 0 aromatic carbocycles. The number of nitrogens with zero attached hydrogens (tertiary/aromatic N) is 3. The van der Waals surface area contributed by atoms with Gasteiger partial charge in [-0.1, -0.05) is 11.6 Å². The van der Waals surface area contributed by atoms with Crippen molar-refractivity contribution >= 4 is 23.3 Å². The molecule has 2 atom stereocenters. The molecule has 0 radical (unpaired) electrons. The van der Waals surface area contributed by atoms with E-state index in [4.69, 9.17) is 21.3 Å². The molecule has 2 aromatic heterocycles. The lowest BCUT2D eigenvalue weighted by Crippen LogP contribution is -2.42. The van der Waals surface area contributed by atoms with Gasteiger partial charge in [0.1, 0.15) is 17.0 Å². The minimum absolute atomic E-state index is 0.00761. The van der Waals surface area contributed by atoms with Gasteiger partial charge in [-0.3, -0.25) is 4.79 Å². The van der Waals surface area contributed by atoms with E-state index in [0.29, 0.717) is 18.1 Å². The maximum atomic E-state index is 14.1. The molecule has 0 unspecified atom stereocenters. The lowest BCUT2D eigenvalue weighted by Gasteiger charge is -2.30. The van der Waals surface area contributed by atoms with Gasteiger partial charge in [-0.25, -0.2) is 14.4 Å². The molecule has 0 bridgehead atoms. The molecule has 0 saturated heterocycles. The number of aryl methyl sites for hydroxylation is 2. The summed E-state index contributed by atoms with van der Waals surface area (Å²) in [5, 5.41) is 14.8. The van der Waals surface area contributed by atoms with Crippen molar-refractivity contribution in [3.8, 4) is 6.07 Å². The number of carbonyl (C=O) groups excluding carboxylic acids is 1. The normalized spacial score (nSPS) is 19.4. The second kappa shape index (κ2) is 7.92. The average Bonchev–Trinajstić information content (AvgIpc) is 2.96. The molecule has 1 aliphatic rings. The molecular formula is C18H19ClFN5O2. The number of anilines is 1. The second-order valence-electron chi connectivity index (χ2n) is 6.58. The number of nitriles is 1. The highest BCUT2D eigenvalue weighted by molar-refractivity contribution is 6.30. The zero-order valence-electron chi connectivity index (χ0n) is 15.0. The van der Waals surface area contributed by atoms with Gasteiger partial charge in [0.25, 0.3) is 5.91 Å². The van der Waals surface area contributed by atoms with Crippen molar-refractivity contribution in [3.63, 3.8) is 0 Å². The second-order valence-corrected chi connectivity index (χ2v) is 6.94. The first kappa shape index (κ1) is 19.1. The fourth-order valence-corrected chi connectivity index (χ4v) is 3.47. The maximum absolute atomic E-state index is 14.1. The van der Waals surface area contributed by atoms with E-state index in [-0.39, 0.29) is 40.2 Å². The minimum atomic E-state index is -0.629. The molecule has 2 heterocycles. The molecule has 2 aromatic rings. The molecule has 27 heavy (non-hydrogen) atoms. The zero-order valence-corrected chi connectivity index (χ0v) is 15.7. The molecule has 0 spiro atoms. The highest BCUT2D eigenvalue weighted by atomic mass is 35.5. The third-order valence-electron chi connectivity index (χ3n) is 4.52. The van der Waals surface area contributed by atoms with Crippen molar-refractivity contribution in [3.05, 3.63) is 39.9 Å². The van der Waals surface area contributed by atoms with Crippen LogP contribution in [0.2, 0.25) is 5.15 Å². The summed E-state index contributed by atoms with van der Waals surface area (Å²) in [7, 11) is 0. The van der Waals surface area contributed by atoms with Gasteiger partial charge in [-0.15, -0.1) is 0 Å². The Labute approximate surface area is 160 Å². The van der Waals surface area contributed by atoms with Crippen molar-refractivity contribution in [2.75, 3.05) is 5.32 Å². The number of pyridine rings is 1. The van der Waals surface area contributed by atoms with E-state index in [2.05, 4.69) is 20.6 Å².